The predicted octanol–water partition coefficient (Wildman–Crippen LogP) is 4.52. The van der Waals surface area contributed by atoms with Gasteiger partial charge in [0.2, 0.25) is 0 Å². The first-order chi connectivity index (χ1) is 9.70. The Hall–Kier alpha value is -2.24. The van der Waals surface area contributed by atoms with Crippen LogP contribution in [0.15, 0.2) is 48.5 Å². The van der Waals surface area contributed by atoms with E-state index in [9.17, 15) is 5.26 Å². The van der Waals surface area contributed by atoms with Gasteiger partial charge in [0.1, 0.15) is 6.07 Å². The zero-order valence-corrected chi connectivity index (χ0v) is 11.9. The largest absolute Gasteiger partial charge is 0.339 e. The minimum atomic E-state index is 0.737. The maximum atomic E-state index is 9.35. The van der Waals surface area contributed by atoms with Crippen molar-refractivity contribution >= 4 is 22.5 Å². The highest BCUT2D eigenvalue weighted by atomic mass is 35.5. The van der Waals surface area contributed by atoms with Crippen LogP contribution in [0.4, 0.5) is 0 Å². The normalized spacial score (nSPS) is 10.7. The number of hydrogen-bond donors (Lipinski definition) is 0. The van der Waals surface area contributed by atoms with Crippen molar-refractivity contribution in [3.63, 3.8) is 0 Å². The van der Waals surface area contributed by atoms with Crippen LogP contribution in [0.3, 0.4) is 0 Å². The van der Waals surface area contributed by atoms with Gasteiger partial charge in [-0.15, -0.1) is 0 Å². The number of nitriles is 1. The summed E-state index contributed by atoms with van der Waals surface area (Å²) in [4.78, 5) is 0. The highest BCUT2D eigenvalue weighted by Gasteiger charge is 2.13. The molecule has 2 aromatic carbocycles. The van der Waals surface area contributed by atoms with E-state index >= 15 is 0 Å². The van der Waals surface area contributed by atoms with Gasteiger partial charge in [0, 0.05) is 28.2 Å². The van der Waals surface area contributed by atoms with E-state index in [-0.39, 0.29) is 0 Å². The van der Waals surface area contributed by atoms with Crippen molar-refractivity contribution in [2.24, 2.45) is 0 Å². The highest BCUT2D eigenvalue weighted by molar-refractivity contribution is 6.30. The molecule has 0 fully saturated rings. The van der Waals surface area contributed by atoms with E-state index in [4.69, 9.17) is 11.6 Å². The molecule has 0 radical (unpaired) electrons. The third-order valence-electron chi connectivity index (χ3n) is 3.60. The molecule has 0 aliphatic heterocycles. The molecule has 20 heavy (non-hydrogen) atoms. The molecule has 0 atom stereocenters. The van der Waals surface area contributed by atoms with Crippen molar-refractivity contribution in [3.8, 4) is 6.07 Å². The van der Waals surface area contributed by atoms with Gasteiger partial charge in [-0.2, -0.15) is 5.26 Å². The van der Waals surface area contributed by atoms with Gasteiger partial charge in [-0.25, -0.2) is 0 Å². The molecule has 2 nitrogen and oxygen atoms in total. The molecule has 0 bridgehead atoms. The molecule has 0 spiro atoms. The second-order valence-corrected chi connectivity index (χ2v) is 5.24. The molecule has 0 N–H and O–H groups in total. The summed E-state index contributed by atoms with van der Waals surface area (Å²) in [6.45, 7) is 2.74. The van der Waals surface area contributed by atoms with Crippen molar-refractivity contribution in [3.05, 3.63) is 70.4 Å². The van der Waals surface area contributed by atoms with Gasteiger partial charge in [0.15, 0.2) is 0 Å². The summed E-state index contributed by atoms with van der Waals surface area (Å²) in [5.74, 6) is 0. The maximum absolute atomic E-state index is 9.35. The standard InChI is InChI=1S/C17H13ClN2/c1-12-16(10-19)15-4-2-3-5-17(15)20(12)11-13-6-8-14(18)9-7-13/h2-9H,11H2,1H3. The number of hydrogen-bond acceptors (Lipinski definition) is 1. The van der Waals surface area contributed by atoms with Crippen LogP contribution in [0.25, 0.3) is 10.9 Å². The van der Waals surface area contributed by atoms with Crippen LogP contribution in [0.1, 0.15) is 16.8 Å². The van der Waals surface area contributed by atoms with Crippen LogP contribution in [0.5, 0.6) is 0 Å². The molecule has 0 amide bonds. The Kier molecular flexibility index (Phi) is 3.22. The zero-order chi connectivity index (χ0) is 14.1. The molecule has 1 heterocycles. The van der Waals surface area contributed by atoms with Crippen LogP contribution in [-0.4, -0.2) is 4.57 Å². The molecule has 0 aliphatic rings. The Labute approximate surface area is 122 Å². The summed E-state index contributed by atoms with van der Waals surface area (Å²) in [5, 5.41) is 11.1. The molecular formula is C17H13ClN2. The minimum absolute atomic E-state index is 0.737. The Morgan fingerprint density at radius 1 is 1.10 bits per heavy atom. The lowest BCUT2D eigenvalue weighted by molar-refractivity contribution is 0.803. The first-order valence-corrected chi connectivity index (χ1v) is 6.81. The first kappa shape index (κ1) is 12.8. The van der Waals surface area contributed by atoms with E-state index in [1.54, 1.807) is 0 Å². The lowest BCUT2D eigenvalue weighted by atomic mass is 10.1. The average Bonchev–Trinajstić information content (AvgIpc) is 2.74. The van der Waals surface area contributed by atoms with Crippen molar-refractivity contribution in [1.82, 2.24) is 4.57 Å². The van der Waals surface area contributed by atoms with Crippen LogP contribution in [-0.2, 0) is 6.54 Å². The molecule has 0 unspecified atom stereocenters. The Balaban J connectivity index is 2.14. The van der Waals surface area contributed by atoms with Crippen LogP contribution >= 0.6 is 11.6 Å². The number of rotatable bonds is 2. The quantitative estimate of drug-likeness (QED) is 0.678. The van der Waals surface area contributed by atoms with E-state index in [1.165, 1.54) is 5.56 Å². The van der Waals surface area contributed by atoms with E-state index < -0.39 is 0 Å². The zero-order valence-electron chi connectivity index (χ0n) is 11.1. The molecule has 1 aromatic heterocycles. The van der Waals surface area contributed by atoms with E-state index in [0.29, 0.717) is 0 Å². The van der Waals surface area contributed by atoms with Gasteiger partial charge in [0.05, 0.1) is 5.56 Å². The Morgan fingerprint density at radius 2 is 1.80 bits per heavy atom. The lowest BCUT2D eigenvalue weighted by Crippen LogP contribution is -2.01. The predicted molar refractivity (Wildman–Crippen MR) is 81.9 cm³/mol. The molecule has 3 aromatic rings. The van der Waals surface area contributed by atoms with Gasteiger partial charge < -0.3 is 4.57 Å². The molecular weight excluding hydrogens is 268 g/mol. The number of para-hydroxylation sites is 1. The number of aromatic nitrogens is 1. The van der Waals surface area contributed by atoms with Crippen LogP contribution in [0.2, 0.25) is 5.02 Å². The smallest absolute Gasteiger partial charge is 0.102 e. The topological polar surface area (TPSA) is 28.7 Å². The molecule has 3 heteroatoms. The third-order valence-corrected chi connectivity index (χ3v) is 3.85. The molecule has 98 valence electrons. The Morgan fingerprint density at radius 3 is 2.50 bits per heavy atom. The number of nitrogens with zero attached hydrogens (tertiary/aromatic N) is 2. The molecule has 0 aliphatic carbocycles. The summed E-state index contributed by atoms with van der Waals surface area (Å²) in [7, 11) is 0. The SMILES string of the molecule is Cc1c(C#N)c2ccccc2n1Cc1ccc(Cl)cc1. The second kappa shape index (κ2) is 5.03. The number of benzene rings is 2. The second-order valence-electron chi connectivity index (χ2n) is 4.80. The molecule has 0 saturated heterocycles. The summed E-state index contributed by atoms with van der Waals surface area (Å²) >= 11 is 5.92. The maximum Gasteiger partial charge on any atom is 0.102 e. The van der Waals surface area contributed by atoms with Gasteiger partial charge in [-0.3, -0.25) is 0 Å². The summed E-state index contributed by atoms with van der Waals surface area (Å²) in [6.07, 6.45) is 0. The van der Waals surface area contributed by atoms with Crippen molar-refractivity contribution in [2.45, 2.75) is 13.5 Å². The monoisotopic (exact) mass is 280 g/mol. The fraction of sp³-hybridized carbons (Fsp3) is 0.118. The Bertz CT molecular complexity index is 807. The fourth-order valence-corrected chi connectivity index (χ4v) is 2.67. The average molecular weight is 281 g/mol. The number of halogens is 1. The van der Waals surface area contributed by atoms with Crippen molar-refractivity contribution < 1.29 is 0 Å². The van der Waals surface area contributed by atoms with Gasteiger partial charge in [-0.1, -0.05) is 41.9 Å². The van der Waals surface area contributed by atoms with Crippen LogP contribution in [0, 0.1) is 18.3 Å². The van der Waals surface area contributed by atoms with E-state index in [2.05, 4.69) is 16.7 Å². The molecule has 0 saturated carbocycles. The molecule has 3 rings (SSSR count). The first-order valence-electron chi connectivity index (χ1n) is 6.43. The lowest BCUT2D eigenvalue weighted by Gasteiger charge is -2.08. The third kappa shape index (κ3) is 2.07. The highest BCUT2D eigenvalue weighted by Crippen LogP contribution is 2.26. The van der Waals surface area contributed by atoms with Gasteiger partial charge in [0.25, 0.3) is 0 Å². The fourth-order valence-electron chi connectivity index (χ4n) is 2.55. The summed E-state index contributed by atoms with van der Waals surface area (Å²) < 4.78 is 2.18. The minimum Gasteiger partial charge on any atom is -0.339 e. The van der Waals surface area contributed by atoms with Crippen LogP contribution < -0.4 is 0 Å². The van der Waals surface area contributed by atoms with Gasteiger partial charge in [-0.05, 0) is 30.7 Å². The van der Waals surface area contributed by atoms with Gasteiger partial charge >= 0.3 is 0 Å². The summed E-state index contributed by atoms with van der Waals surface area (Å²) in [6, 6.07) is 18.2. The summed E-state index contributed by atoms with van der Waals surface area (Å²) in [5.41, 5.74) is 4.03. The van der Waals surface area contributed by atoms with E-state index in [1.807, 2.05) is 49.4 Å². The van der Waals surface area contributed by atoms with E-state index in [0.717, 1.165) is 33.7 Å². The van der Waals surface area contributed by atoms with Crippen molar-refractivity contribution in [2.75, 3.05) is 0 Å². The number of fused-ring (bicyclic) bond motifs is 1. The van der Waals surface area contributed by atoms with Crippen molar-refractivity contribution in [1.29, 1.82) is 5.26 Å².